The zero-order chi connectivity index (χ0) is 14.7. The molecular weight excluding hydrogens is 276 g/mol. The average molecular weight is 306 g/mol. The summed E-state index contributed by atoms with van der Waals surface area (Å²) in [5.74, 6) is 3.43. The SMILES string of the molecule is CC(C(O)c1ccc(C2CCCCC2)cc1)[S+]1CCCC1. The van der Waals surface area contributed by atoms with Crippen molar-refractivity contribution in [1.82, 2.24) is 0 Å². The maximum atomic E-state index is 10.7. The lowest BCUT2D eigenvalue weighted by atomic mass is 9.84. The van der Waals surface area contributed by atoms with E-state index in [1.165, 1.54) is 62.0 Å². The summed E-state index contributed by atoms with van der Waals surface area (Å²) < 4.78 is 0. The van der Waals surface area contributed by atoms with E-state index in [1.807, 2.05) is 0 Å². The Kier molecular flexibility index (Phi) is 5.29. The fraction of sp³-hybridized carbons (Fsp3) is 0.684. The summed E-state index contributed by atoms with van der Waals surface area (Å²) >= 11 is 0. The normalized spacial score (nSPS) is 24.1. The highest BCUT2D eigenvalue weighted by Gasteiger charge is 2.35. The summed E-state index contributed by atoms with van der Waals surface area (Å²) in [6, 6.07) is 8.92. The minimum absolute atomic E-state index is 0.271. The standard InChI is InChI=1S/C19H29OS/c1-15(21-13-5-6-14-21)19(20)18-11-9-17(10-12-18)16-7-3-2-4-8-16/h9-12,15-16,19-20H,2-8,13-14H2,1H3/q+1. The van der Waals surface area contributed by atoms with Gasteiger partial charge in [0.25, 0.3) is 0 Å². The lowest BCUT2D eigenvalue weighted by molar-refractivity contribution is 0.178. The molecular formula is C19H29OS+. The number of hydrogen-bond acceptors (Lipinski definition) is 1. The van der Waals surface area contributed by atoms with Crippen LogP contribution < -0.4 is 0 Å². The van der Waals surface area contributed by atoms with Crippen molar-refractivity contribution in [3.05, 3.63) is 35.4 Å². The monoisotopic (exact) mass is 305 g/mol. The minimum atomic E-state index is -0.271. The smallest absolute Gasteiger partial charge is 0.145 e. The van der Waals surface area contributed by atoms with Crippen LogP contribution in [0.3, 0.4) is 0 Å². The lowest BCUT2D eigenvalue weighted by Crippen LogP contribution is -2.27. The van der Waals surface area contributed by atoms with Crippen LogP contribution in [0.2, 0.25) is 0 Å². The first-order valence-corrected chi connectivity index (χ1v) is 10.3. The summed E-state index contributed by atoms with van der Waals surface area (Å²) in [5, 5.41) is 11.1. The Hall–Kier alpha value is -0.470. The van der Waals surface area contributed by atoms with Crippen LogP contribution in [0.4, 0.5) is 0 Å². The summed E-state index contributed by atoms with van der Waals surface area (Å²) in [4.78, 5) is 0. The van der Waals surface area contributed by atoms with Crippen molar-refractivity contribution in [1.29, 1.82) is 0 Å². The van der Waals surface area contributed by atoms with Crippen LogP contribution in [0.1, 0.15) is 75.0 Å². The van der Waals surface area contributed by atoms with Gasteiger partial charge in [0.15, 0.2) is 0 Å². The highest BCUT2D eigenvalue weighted by atomic mass is 32.2. The Morgan fingerprint density at radius 2 is 1.57 bits per heavy atom. The number of aliphatic hydroxyl groups is 1. The molecule has 1 aliphatic heterocycles. The fourth-order valence-corrected chi connectivity index (χ4v) is 6.52. The molecule has 2 fully saturated rings. The van der Waals surface area contributed by atoms with Crippen LogP contribution in [-0.2, 0) is 10.9 Å². The Bertz CT molecular complexity index is 429. The molecule has 3 rings (SSSR count). The molecule has 2 atom stereocenters. The Morgan fingerprint density at radius 3 is 2.19 bits per heavy atom. The molecule has 0 spiro atoms. The quantitative estimate of drug-likeness (QED) is 0.808. The summed E-state index contributed by atoms with van der Waals surface area (Å²) in [7, 11) is 0.438. The summed E-state index contributed by atoms with van der Waals surface area (Å²) in [6.07, 6.45) is 9.33. The van der Waals surface area contributed by atoms with Gasteiger partial charge in [-0.05, 0) is 60.5 Å². The van der Waals surface area contributed by atoms with Gasteiger partial charge in [0.05, 0.1) is 0 Å². The molecule has 0 aromatic heterocycles. The van der Waals surface area contributed by atoms with Gasteiger partial charge in [-0.3, -0.25) is 0 Å². The highest BCUT2D eigenvalue weighted by molar-refractivity contribution is 7.97. The van der Waals surface area contributed by atoms with E-state index in [0.29, 0.717) is 16.1 Å². The van der Waals surface area contributed by atoms with Gasteiger partial charge in [-0.15, -0.1) is 0 Å². The van der Waals surface area contributed by atoms with Crippen LogP contribution in [0.5, 0.6) is 0 Å². The summed E-state index contributed by atoms with van der Waals surface area (Å²) in [5.41, 5.74) is 2.61. The lowest BCUT2D eigenvalue weighted by Gasteiger charge is -2.23. The zero-order valence-electron chi connectivity index (χ0n) is 13.3. The first kappa shape index (κ1) is 15.4. The second-order valence-electron chi connectivity index (χ2n) is 6.80. The van der Waals surface area contributed by atoms with E-state index in [9.17, 15) is 5.11 Å². The number of hydrogen-bond donors (Lipinski definition) is 1. The van der Waals surface area contributed by atoms with Gasteiger partial charge in [0, 0.05) is 0 Å². The molecule has 2 heteroatoms. The van der Waals surface area contributed by atoms with Crippen molar-refractivity contribution in [2.45, 2.75) is 69.1 Å². The highest BCUT2D eigenvalue weighted by Crippen LogP contribution is 2.34. The fourth-order valence-electron chi connectivity index (χ4n) is 3.90. The van der Waals surface area contributed by atoms with Crippen LogP contribution >= 0.6 is 0 Å². The number of benzene rings is 1. The second-order valence-corrected chi connectivity index (χ2v) is 9.44. The first-order valence-electron chi connectivity index (χ1n) is 8.70. The summed E-state index contributed by atoms with van der Waals surface area (Å²) in [6.45, 7) is 2.24. The van der Waals surface area contributed by atoms with Crippen LogP contribution in [0, 0.1) is 0 Å². The van der Waals surface area contributed by atoms with Crippen molar-refractivity contribution in [2.75, 3.05) is 11.5 Å². The Morgan fingerprint density at radius 1 is 0.952 bits per heavy atom. The maximum Gasteiger partial charge on any atom is 0.145 e. The van der Waals surface area contributed by atoms with Crippen molar-refractivity contribution in [2.24, 2.45) is 0 Å². The van der Waals surface area contributed by atoms with Crippen LogP contribution in [0.25, 0.3) is 0 Å². The molecule has 1 aliphatic carbocycles. The zero-order valence-corrected chi connectivity index (χ0v) is 14.1. The van der Waals surface area contributed by atoms with E-state index in [0.717, 1.165) is 11.5 Å². The van der Waals surface area contributed by atoms with Gasteiger partial charge in [-0.2, -0.15) is 0 Å². The largest absolute Gasteiger partial charge is 0.383 e. The van der Waals surface area contributed by atoms with Gasteiger partial charge in [0.1, 0.15) is 22.9 Å². The van der Waals surface area contributed by atoms with E-state index >= 15 is 0 Å². The molecule has 2 aliphatic rings. The van der Waals surface area contributed by atoms with Gasteiger partial charge < -0.3 is 5.11 Å². The minimum Gasteiger partial charge on any atom is -0.383 e. The number of aliphatic hydroxyl groups excluding tert-OH is 1. The second kappa shape index (κ2) is 7.19. The number of rotatable bonds is 4. The topological polar surface area (TPSA) is 20.2 Å². The molecule has 1 saturated carbocycles. The molecule has 0 amide bonds. The predicted octanol–water partition coefficient (Wildman–Crippen LogP) is 4.57. The molecule has 1 heterocycles. The molecule has 1 nitrogen and oxygen atoms in total. The molecule has 0 bridgehead atoms. The van der Waals surface area contributed by atoms with Crippen LogP contribution in [-0.4, -0.2) is 21.9 Å². The third-order valence-corrected chi connectivity index (χ3v) is 8.32. The molecule has 1 N–H and O–H groups in total. The molecule has 1 aromatic rings. The van der Waals surface area contributed by atoms with Crippen molar-refractivity contribution >= 4 is 10.9 Å². The van der Waals surface area contributed by atoms with E-state index in [-0.39, 0.29) is 6.10 Å². The van der Waals surface area contributed by atoms with Crippen LogP contribution in [0.15, 0.2) is 24.3 Å². The van der Waals surface area contributed by atoms with Gasteiger partial charge >= 0.3 is 0 Å². The van der Waals surface area contributed by atoms with E-state index in [4.69, 9.17) is 0 Å². The molecule has 0 radical (unpaired) electrons. The third kappa shape index (κ3) is 3.65. The van der Waals surface area contributed by atoms with E-state index < -0.39 is 0 Å². The average Bonchev–Trinajstić information content (AvgIpc) is 3.09. The van der Waals surface area contributed by atoms with Gasteiger partial charge in [-0.25, -0.2) is 0 Å². The van der Waals surface area contributed by atoms with E-state index in [1.54, 1.807) is 0 Å². The maximum absolute atomic E-state index is 10.7. The van der Waals surface area contributed by atoms with Crippen molar-refractivity contribution < 1.29 is 5.11 Å². The molecule has 1 aromatic carbocycles. The Balaban J connectivity index is 1.65. The van der Waals surface area contributed by atoms with Gasteiger partial charge in [-0.1, -0.05) is 43.5 Å². The van der Waals surface area contributed by atoms with Crippen molar-refractivity contribution in [3.63, 3.8) is 0 Å². The Labute approximate surface area is 132 Å². The van der Waals surface area contributed by atoms with Gasteiger partial charge in [0.2, 0.25) is 0 Å². The molecule has 21 heavy (non-hydrogen) atoms. The first-order chi connectivity index (χ1) is 10.3. The molecule has 2 unspecified atom stereocenters. The predicted molar refractivity (Wildman–Crippen MR) is 93.0 cm³/mol. The van der Waals surface area contributed by atoms with E-state index in [2.05, 4.69) is 31.2 Å². The molecule has 1 saturated heterocycles. The third-order valence-electron chi connectivity index (χ3n) is 5.39. The van der Waals surface area contributed by atoms with Crippen molar-refractivity contribution in [3.8, 4) is 0 Å². The molecule has 116 valence electrons.